The molecule has 0 atom stereocenters. The van der Waals surface area contributed by atoms with Crippen molar-refractivity contribution in [3.8, 4) is 11.3 Å². The molecule has 1 fully saturated rings. The second-order valence-electron chi connectivity index (χ2n) is 8.17. The summed E-state index contributed by atoms with van der Waals surface area (Å²) in [6.07, 6.45) is 2.89. The molecule has 0 amide bonds. The molecule has 0 spiro atoms. The first-order chi connectivity index (χ1) is 14.8. The Kier molecular flexibility index (Phi) is 5.86. The first-order valence-corrected chi connectivity index (χ1v) is 10.4. The topological polar surface area (TPSA) is 62.1 Å². The van der Waals surface area contributed by atoms with E-state index in [4.69, 9.17) is 0 Å². The molecule has 9 heteroatoms. The van der Waals surface area contributed by atoms with Crippen molar-refractivity contribution >= 4 is 17.3 Å². The predicted molar refractivity (Wildman–Crippen MR) is 118 cm³/mol. The van der Waals surface area contributed by atoms with Crippen molar-refractivity contribution in [2.45, 2.75) is 26.8 Å². The fourth-order valence-corrected chi connectivity index (χ4v) is 3.61. The van der Waals surface area contributed by atoms with E-state index in [1.165, 1.54) is 6.07 Å². The molecule has 1 saturated heterocycles. The number of nitrogens with zero attached hydrogens (tertiary/aromatic N) is 6. The standard InChI is InChI=1S/C22H27F2N7/c1-14(2)31-13-17(15(3)28-31)21-19(24)12-25-22(27-21)26-16-5-6-20(18(23)11-16)30-9-7-29(4)8-10-30/h5-6,11-14H,7-10H2,1-4H3,(H,25,26,27). The molecule has 3 aromatic rings. The van der Waals surface area contributed by atoms with Gasteiger partial charge < -0.3 is 15.1 Å². The lowest BCUT2D eigenvalue weighted by atomic mass is 10.2. The summed E-state index contributed by atoms with van der Waals surface area (Å²) in [5.41, 5.74) is 2.53. The normalized spacial score (nSPS) is 15.0. The van der Waals surface area contributed by atoms with Crippen LogP contribution in [0.5, 0.6) is 0 Å². The van der Waals surface area contributed by atoms with Crippen LogP contribution < -0.4 is 10.2 Å². The zero-order valence-corrected chi connectivity index (χ0v) is 18.2. The van der Waals surface area contributed by atoms with Crippen LogP contribution in [0, 0.1) is 18.6 Å². The summed E-state index contributed by atoms with van der Waals surface area (Å²) in [6.45, 7) is 9.19. The van der Waals surface area contributed by atoms with Gasteiger partial charge in [0.25, 0.3) is 0 Å². The fourth-order valence-electron chi connectivity index (χ4n) is 3.61. The van der Waals surface area contributed by atoms with Crippen LogP contribution in [0.4, 0.5) is 26.1 Å². The first-order valence-electron chi connectivity index (χ1n) is 10.4. The smallest absolute Gasteiger partial charge is 0.227 e. The van der Waals surface area contributed by atoms with Gasteiger partial charge >= 0.3 is 0 Å². The van der Waals surface area contributed by atoms with Crippen molar-refractivity contribution in [3.05, 3.63) is 47.9 Å². The van der Waals surface area contributed by atoms with Crippen LogP contribution in [0.15, 0.2) is 30.6 Å². The van der Waals surface area contributed by atoms with Crippen LogP contribution in [0.25, 0.3) is 11.3 Å². The SMILES string of the molecule is Cc1nn(C(C)C)cc1-c1nc(Nc2ccc(N3CCN(C)CC3)c(F)c2)ncc1F. The van der Waals surface area contributed by atoms with E-state index in [-0.39, 0.29) is 23.5 Å². The number of aryl methyl sites for hydroxylation is 1. The lowest BCUT2D eigenvalue weighted by Gasteiger charge is -2.34. The first kappa shape index (κ1) is 21.2. The third kappa shape index (κ3) is 4.51. The van der Waals surface area contributed by atoms with Crippen molar-refractivity contribution in [1.82, 2.24) is 24.6 Å². The van der Waals surface area contributed by atoms with Gasteiger partial charge in [0.2, 0.25) is 5.95 Å². The molecule has 31 heavy (non-hydrogen) atoms. The molecule has 164 valence electrons. The average molecular weight is 428 g/mol. The minimum Gasteiger partial charge on any atom is -0.367 e. The Labute approximate surface area is 180 Å². The van der Waals surface area contributed by atoms with Crippen LogP contribution in [0.1, 0.15) is 25.6 Å². The summed E-state index contributed by atoms with van der Waals surface area (Å²) >= 11 is 0. The summed E-state index contributed by atoms with van der Waals surface area (Å²) in [6, 6.07) is 5.11. The zero-order chi connectivity index (χ0) is 22.1. The van der Waals surface area contributed by atoms with Gasteiger partial charge in [-0.15, -0.1) is 0 Å². The lowest BCUT2D eigenvalue weighted by molar-refractivity contribution is 0.311. The summed E-state index contributed by atoms with van der Waals surface area (Å²) in [7, 11) is 2.06. The molecule has 0 bridgehead atoms. The highest BCUT2D eigenvalue weighted by molar-refractivity contribution is 5.65. The van der Waals surface area contributed by atoms with E-state index >= 15 is 0 Å². The van der Waals surface area contributed by atoms with Gasteiger partial charge in [0.05, 0.1) is 17.6 Å². The quantitative estimate of drug-likeness (QED) is 0.664. The summed E-state index contributed by atoms with van der Waals surface area (Å²) in [5, 5.41) is 7.41. The summed E-state index contributed by atoms with van der Waals surface area (Å²) < 4.78 is 31.0. The van der Waals surface area contributed by atoms with Crippen LogP contribution in [0.3, 0.4) is 0 Å². The number of benzene rings is 1. The number of halogens is 2. The molecule has 0 unspecified atom stereocenters. The van der Waals surface area contributed by atoms with E-state index in [1.807, 2.05) is 25.7 Å². The summed E-state index contributed by atoms with van der Waals surface area (Å²) in [5.74, 6) is -0.653. The van der Waals surface area contributed by atoms with E-state index in [0.29, 0.717) is 22.6 Å². The Morgan fingerprint density at radius 2 is 1.81 bits per heavy atom. The molecule has 1 N–H and O–H groups in total. The van der Waals surface area contributed by atoms with E-state index in [0.717, 1.165) is 32.4 Å². The van der Waals surface area contributed by atoms with Gasteiger partial charge in [0.15, 0.2) is 5.82 Å². The van der Waals surface area contributed by atoms with Gasteiger partial charge in [-0.25, -0.2) is 18.7 Å². The van der Waals surface area contributed by atoms with E-state index in [9.17, 15) is 8.78 Å². The van der Waals surface area contributed by atoms with Crippen LogP contribution >= 0.6 is 0 Å². The molecular weight excluding hydrogens is 400 g/mol. The molecule has 7 nitrogen and oxygen atoms in total. The van der Waals surface area contributed by atoms with Gasteiger partial charge in [-0.2, -0.15) is 5.10 Å². The van der Waals surface area contributed by atoms with Crippen LogP contribution in [-0.4, -0.2) is 57.9 Å². The Morgan fingerprint density at radius 1 is 1.06 bits per heavy atom. The Balaban J connectivity index is 1.56. The van der Waals surface area contributed by atoms with Gasteiger partial charge in [-0.3, -0.25) is 4.68 Å². The molecule has 1 aliphatic rings. The highest BCUT2D eigenvalue weighted by Gasteiger charge is 2.19. The number of rotatable bonds is 5. The number of nitrogens with one attached hydrogen (secondary N) is 1. The number of hydrogen-bond acceptors (Lipinski definition) is 6. The second kappa shape index (κ2) is 8.58. The molecule has 1 aliphatic heterocycles. The van der Waals surface area contributed by atoms with Crippen molar-refractivity contribution < 1.29 is 8.78 Å². The van der Waals surface area contributed by atoms with Gasteiger partial charge in [-0.1, -0.05) is 0 Å². The average Bonchev–Trinajstić information content (AvgIpc) is 3.12. The third-order valence-electron chi connectivity index (χ3n) is 5.49. The molecule has 2 aromatic heterocycles. The maximum atomic E-state index is 14.8. The van der Waals surface area contributed by atoms with Crippen molar-refractivity contribution in [2.24, 2.45) is 0 Å². The molecule has 3 heterocycles. The Hall–Kier alpha value is -3.07. The maximum absolute atomic E-state index is 14.8. The van der Waals surface area contributed by atoms with Crippen LogP contribution in [0.2, 0.25) is 0 Å². The van der Waals surface area contributed by atoms with E-state index < -0.39 is 5.82 Å². The van der Waals surface area contributed by atoms with Gasteiger partial charge in [0, 0.05) is 49.7 Å². The Morgan fingerprint density at radius 3 is 2.45 bits per heavy atom. The lowest BCUT2D eigenvalue weighted by Crippen LogP contribution is -2.44. The van der Waals surface area contributed by atoms with Crippen molar-refractivity contribution in [2.75, 3.05) is 43.4 Å². The molecule has 0 aliphatic carbocycles. The van der Waals surface area contributed by atoms with Crippen LogP contribution in [-0.2, 0) is 0 Å². The van der Waals surface area contributed by atoms with Crippen molar-refractivity contribution in [1.29, 1.82) is 0 Å². The highest BCUT2D eigenvalue weighted by Crippen LogP contribution is 2.28. The largest absolute Gasteiger partial charge is 0.367 e. The number of hydrogen-bond donors (Lipinski definition) is 1. The molecule has 0 saturated carbocycles. The predicted octanol–water partition coefficient (Wildman–Crippen LogP) is 4.00. The maximum Gasteiger partial charge on any atom is 0.227 e. The van der Waals surface area contributed by atoms with Gasteiger partial charge in [-0.05, 0) is 46.0 Å². The third-order valence-corrected chi connectivity index (χ3v) is 5.49. The Bertz CT molecular complexity index is 1070. The molecule has 1 aromatic carbocycles. The monoisotopic (exact) mass is 427 g/mol. The fraction of sp³-hybridized carbons (Fsp3) is 0.409. The zero-order valence-electron chi connectivity index (χ0n) is 18.2. The molecular formula is C22H27F2N7. The summed E-state index contributed by atoms with van der Waals surface area (Å²) in [4.78, 5) is 12.6. The van der Waals surface area contributed by atoms with Crippen molar-refractivity contribution in [3.63, 3.8) is 0 Å². The number of piperazine rings is 1. The highest BCUT2D eigenvalue weighted by atomic mass is 19.1. The minimum absolute atomic E-state index is 0.150. The van der Waals surface area contributed by atoms with Gasteiger partial charge in [0.1, 0.15) is 11.5 Å². The van der Waals surface area contributed by atoms with E-state index in [1.54, 1.807) is 23.0 Å². The number of aromatic nitrogens is 4. The second-order valence-corrected chi connectivity index (χ2v) is 8.17. The number of anilines is 3. The van der Waals surface area contributed by atoms with E-state index in [2.05, 4.69) is 32.3 Å². The molecule has 4 rings (SSSR count). The number of likely N-dealkylation sites (N-methyl/N-ethyl adjacent to an activating group) is 1. The molecule has 0 radical (unpaired) electrons. The minimum atomic E-state index is -0.534.